The van der Waals surface area contributed by atoms with E-state index in [4.69, 9.17) is 4.74 Å². The van der Waals surface area contributed by atoms with Crippen molar-refractivity contribution in [3.8, 4) is 5.75 Å². The van der Waals surface area contributed by atoms with Crippen molar-refractivity contribution in [1.82, 2.24) is 10.3 Å². The predicted octanol–water partition coefficient (Wildman–Crippen LogP) is 3.27. The zero-order chi connectivity index (χ0) is 17.4. The first-order valence-electron chi connectivity index (χ1n) is 7.97. The number of amides is 2. The largest absolute Gasteiger partial charge is 0.497 e. The van der Waals surface area contributed by atoms with E-state index in [1.165, 1.54) is 5.56 Å². The van der Waals surface area contributed by atoms with E-state index in [-0.39, 0.29) is 12.1 Å². The SMILES string of the molecule is COc1cccc(CCNc2ccc(NC(=O)NC(C)C)nc2)c1. The molecule has 0 saturated carbocycles. The van der Waals surface area contributed by atoms with Crippen molar-refractivity contribution >= 4 is 17.5 Å². The highest BCUT2D eigenvalue weighted by atomic mass is 16.5. The molecule has 0 bridgehead atoms. The van der Waals surface area contributed by atoms with E-state index in [2.05, 4.69) is 27.0 Å². The predicted molar refractivity (Wildman–Crippen MR) is 96.7 cm³/mol. The lowest BCUT2D eigenvalue weighted by molar-refractivity contribution is 0.250. The minimum absolute atomic E-state index is 0.0857. The van der Waals surface area contributed by atoms with Crippen LogP contribution in [0.2, 0.25) is 0 Å². The Morgan fingerprint density at radius 2 is 2.08 bits per heavy atom. The molecule has 0 aliphatic heterocycles. The van der Waals surface area contributed by atoms with Crippen molar-refractivity contribution in [3.63, 3.8) is 0 Å². The van der Waals surface area contributed by atoms with Crippen LogP contribution in [0, 0.1) is 0 Å². The minimum Gasteiger partial charge on any atom is -0.497 e. The highest BCUT2D eigenvalue weighted by Crippen LogP contribution is 2.14. The normalized spacial score (nSPS) is 10.3. The maximum atomic E-state index is 11.6. The number of carbonyl (C=O) groups excluding carboxylic acids is 1. The second kappa shape index (κ2) is 8.76. The van der Waals surface area contributed by atoms with Gasteiger partial charge in [0.1, 0.15) is 11.6 Å². The summed E-state index contributed by atoms with van der Waals surface area (Å²) in [6.07, 6.45) is 2.59. The van der Waals surface area contributed by atoms with E-state index in [1.54, 1.807) is 19.4 Å². The number of pyridine rings is 1. The molecular weight excluding hydrogens is 304 g/mol. The highest BCUT2D eigenvalue weighted by molar-refractivity contribution is 5.88. The Balaban J connectivity index is 1.80. The zero-order valence-corrected chi connectivity index (χ0v) is 14.3. The summed E-state index contributed by atoms with van der Waals surface area (Å²) in [6.45, 7) is 4.60. The fraction of sp³-hybridized carbons (Fsp3) is 0.333. The lowest BCUT2D eigenvalue weighted by Gasteiger charge is -2.10. The summed E-state index contributed by atoms with van der Waals surface area (Å²) in [4.78, 5) is 15.8. The summed E-state index contributed by atoms with van der Waals surface area (Å²) in [5.41, 5.74) is 2.12. The van der Waals surface area contributed by atoms with E-state index < -0.39 is 0 Å². The number of anilines is 2. The van der Waals surface area contributed by atoms with Crippen molar-refractivity contribution in [1.29, 1.82) is 0 Å². The number of ether oxygens (including phenoxy) is 1. The Morgan fingerprint density at radius 1 is 1.25 bits per heavy atom. The van der Waals surface area contributed by atoms with Gasteiger partial charge in [0, 0.05) is 12.6 Å². The monoisotopic (exact) mass is 328 g/mol. The van der Waals surface area contributed by atoms with Gasteiger partial charge in [0.05, 0.1) is 19.0 Å². The summed E-state index contributed by atoms with van der Waals surface area (Å²) < 4.78 is 5.22. The van der Waals surface area contributed by atoms with E-state index in [0.717, 1.165) is 24.4 Å². The number of nitrogens with one attached hydrogen (secondary N) is 3. The van der Waals surface area contributed by atoms with E-state index >= 15 is 0 Å². The number of hydrogen-bond acceptors (Lipinski definition) is 4. The number of aromatic nitrogens is 1. The summed E-state index contributed by atoms with van der Waals surface area (Å²) >= 11 is 0. The van der Waals surface area contributed by atoms with Crippen LogP contribution in [0.15, 0.2) is 42.6 Å². The van der Waals surface area contributed by atoms with Crippen molar-refractivity contribution in [3.05, 3.63) is 48.2 Å². The minimum atomic E-state index is -0.253. The average Bonchev–Trinajstić information content (AvgIpc) is 2.56. The Morgan fingerprint density at radius 3 is 2.75 bits per heavy atom. The second-order valence-electron chi connectivity index (χ2n) is 5.71. The third-order valence-corrected chi connectivity index (χ3v) is 3.30. The molecule has 6 nitrogen and oxygen atoms in total. The zero-order valence-electron chi connectivity index (χ0n) is 14.3. The van der Waals surface area contributed by atoms with Gasteiger partial charge in [-0.3, -0.25) is 5.32 Å². The van der Waals surface area contributed by atoms with Crippen LogP contribution in [0.4, 0.5) is 16.3 Å². The van der Waals surface area contributed by atoms with Gasteiger partial charge in [0.25, 0.3) is 0 Å². The maximum Gasteiger partial charge on any atom is 0.320 e. The fourth-order valence-electron chi connectivity index (χ4n) is 2.17. The van der Waals surface area contributed by atoms with E-state index in [0.29, 0.717) is 5.82 Å². The van der Waals surface area contributed by atoms with Gasteiger partial charge in [-0.15, -0.1) is 0 Å². The van der Waals surface area contributed by atoms with Gasteiger partial charge in [-0.1, -0.05) is 12.1 Å². The highest BCUT2D eigenvalue weighted by Gasteiger charge is 2.04. The van der Waals surface area contributed by atoms with Gasteiger partial charge in [-0.05, 0) is 50.1 Å². The van der Waals surface area contributed by atoms with Gasteiger partial charge >= 0.3 is 6.03 Å². The molecule has 2 amide bonds. The van der Waals surface area contributed by atoms with Gasteiger partial charge in [-0.2, -0.15) is 0 Å². The number of urea groups is 1. The molecule has 1 aromatic carbocycles. The maximum absolute atomic E-state index is 11.6. The third kappa shape index (κ3) is 5.79. The molecule has 3 N–H and O–H groups in total. The van der Waals surface area contributed by atoms with Crippen molar-refractivity contribution in [2.75, 3.05) is 24.3 Å². The molecule has 1 heterocycles. The molecule has 0 saturated heterocycles. The van der Waals surface area contributed by atoms with E-state index in [1.807, 2.05) is 38.1 Å². The molecule has 0 aliphatic rings. The summed E-state index contributed by atoms with van der Waals surface area (Å²) in [6, 6.07) is 11.5. The van der Waals surface area contributed by atoms with Gasteiger partial charge in [-0.25, -0.2) is 9.78 Å². The fourth-order valence-corrected chi connectivity index (χ4v) is 2.17. The first-order chi connectivity index (χ1) is 11.6. The lowest BCUT2D eigenvalue weighted by Crippen LogP contribution is -2.34. The summed E-state index contributed by atoms with van der Waals surface area (Å²) in [5, 5.41) is 8.76. The molecule has 2 aromatic rings. The van der Waals surface area contributed by atoms with Crippen molar-refractivity contribution in [2.45, 2.75) is 26.3 Å². The Labute approximate surface area is 142 Å². The smallest absolute Gasteiger partial charge is 0.320 e. The molecule has 1 aromatic heterocycles. The van der Waals surface area contributed by atoms with Crippen LogP contribution in [0.25, 0.3) is 0 Å². The van der Waals surface area contributed by atoms with Crippen LogP contribution in [0.1, 0.15) is 19.4 Å². The molecule has 0 radical (unpaired) electrons. The Kier molecular flexibility index (Phi) is 6.42. The van der Waals surface area contributed by atoms with E-state index in [9.17, 15) is 4.79 Å². The van der Waals surface area contributed by atoms with Crippen LogP contribution in [-0.2, 0) is 6.42 Å². The van der Waals surface area contributed by atoms with Crippen LogP contribution in [-0.4, -0.2) is 30.7 Å². The van der Waals surface area contributed by atoms with Crippen molar-refractivity contribution in [2.24, 2.45) is 0 Å². The molecule has 0 unspecified atom stereocenters. The molecule has 0 aliphatic carbocycles. The number of benzene rings is 1. The summed E-state index contributed by atoms with van der Waals surface area (Å²) in [5.74, 6) is 1.38. The third-order valence-electron chi connectivity index (χ3n) is 3.30. The Hall–Kier alpha value is -2.76. The van der Waals surface area contributed by atoms with Gasteiger partial charge in [0.2, 0.25) is 0 Å². The first-order valence-corrected chi connectivity index (χ1v) is 7.97. The number of hydrogen-bond donors (Lipinski definition) is 3. The molecule has 0 fully saturated rings. The number of nitrogens with zero attached hydrogens (tertiary/aromatic N) is 1. The van der Waals surface area contributed by atoms with Gasteiger partial charge in [0.15, 0.2) is 0 Å². The molecule has 0 spiro atoms. The van der Waals surface area contributed by atoms with Crippen LogP contribution >= 0.6 is 0 Å². The van der Waals surface area contributed by atoms with Crippen LogP contribution < -0.4 is 20.7 Å². The quantitative estimate of drug-likeness (QED) is 0.729. The molecule has 128 valence electrons. The summed E-state index contributed by atoms with van der Waals surface area (Å²) in [7, 11) is 1.67. The average molecular weight is 328 g/mol. The number of methoxy groups -OCH3 is 1. The molecule has 2 rings (SSSR count). The topological polar surface area (TPSA) is 75.3 Å². The molecule has 0 atom stereocenters. The number of rotatable bonds is 7. The molecular formula is C18H24N4O2. The molecule has 24 heavy (non-hydrogen) atoms. The lowest BCUT2D eigenvalue weighted by atomic mass is 10.1. The Bertz CT molecular complexity index is 656. The second-order valence-corrected chi connectivity index (χ2v) is 5.71. The number of carbonyl (C=O) groups is 1. The van der Waals surface area contributed by atoms with Crippen LogP contribution in [0.3, 0.4) is 0 Å². The molecule has 6 heteroatoms. The first kappa shape index (κ1) is 17.6. The standard InChI is InChI=1S/C18H24N4O2/c1-13(2)21-18(23)22-17-8-7-15(12-20-17)19-10-9-14-5-4-6-16(11-14)24-3/h4-8,11-13,19H,9-10H2,1-3H3,(H2,20,21,22,23). The van der Waals surface area contributed by atoms with Crippen molar-refractivity contribution < 1.29 is 9.53 Å². The van der Waals surface area contributed by atoms with Crippen LogP contribution in [0.5, 0.6) is 5.75 Å². The van der Waals surface area contributed by atoms with Gasteiger partial charge < -0.3 is 15.4 Å².